The van der Waals surface area contributed by atoms with Crippen molar-refractivity contribution >= 4 is 40.3 Å². The number of ether oxygens (including phenoxy) is 2. The van der Waals surface area contributed by atoms with Crippen molar-refractivity contribution in [2.24, 2.45) is 0 Å². The van der Waals surface area contributed by atoms with Crippen LogP contribution in [0, 0.1) is 24.0 Å². The molecule has 1 aliphatic heterocycles. The minimum Gasteiger partial charge on any atom is -0.494 e. The molecule has 2 N–H and O–H groups in total. The van der Waals surface area contributed by atoms with Gasteiger partial charge < -0.3 is 29.6 Å². The molecule has 0 bridgehead atoms. The van der Waals surface area contributed by atoms with E-state index in [2.05, 4.69) is 21.7 Å². The SMILES string of the molecule is CCC(=O)Nc1ccc(N2C(=S)N[C@@H](c3ccccn3)[C@@H]2c2cc(C)n(-c3ccc([N+](=O)[O-])cc3OC)c2C)cc1OC. The predicted molar refractivity (Wildman–Crippen MR) is 168 cm³/mol. The van der Waals surface area contributed by atoms with E-state index in [1.54, 1.807) is 32.4 Å². The number of pyridine rings is 1. The molecule has 0 saturated carbocycles. The Hall–Kier alpha value is -4.97. The molecule has 1 aliphatic rings. The average molecular weight is 601 g/mol. The van der Waals surface area contributed by atoms with Gasteiger partial charge in [0.2, 0.25) is 5.91 Å². The maximum atomic E-state index is 12.1. The second-order valence-corrected chi connectivity index (χ2v) is 10.4. The van der Waals surface area contributed by atoms with Crippen LogP contribution in [0.2, 0.25) is 0 Å². The first-order valence-electron chi connectivity index (χ1n) is 13.7. The van der Waals surface area contributed by atoms with E-state index in [0.29, 0.717) is 34.4 Å². The highest BCUT2D eigenvalue weighted by atomic mass is 32.1. The standard InChI is InChI=1S/C31H32N6O5S/c1-6-28(38)33-23-12-10-20(16-26(23)41-4)36-30(29(34-31(36)43)24-9-7-8-14-32-24)22-15-18(2)35(19(22)3)25-13-11-21(37(39)40)17-27(25)42-5/h7-17,29-30H,6H2,1-5H3,(H,33,38)(H,34,43)/t29-,30-/m0/s1. The van der Waals surface area contributed by atoms with E-state index < -0.39 is 4.92 Å². The fourth-order valence-corrected chi connectivity index (χ4v) is 5.89. The second kappa shape index (κ2) is 12.1. The molecule has 2 aromatic heterocycles. The average Bonchev–Trinajstić information content (AvgIpc) is 3.51. The molecular weight excluding hydrogens is 568 g/mol. The lowest BCUT2D eigenvalue weighted by atomic mass is 9.96. The fourth-order valence-electron chi connectivity index (χ4n) is 5.54. The number of aryl methyl sites for hydroxylation is 1. The molecule has 4 aromatic rings. The number of hydrogen-bond donors (Lipinski definition) is 2. The molecule has 1 saturated heterocycles. The summed E-state index contributed by atoms with van der Waals surface area (Å²) in [7, 11) is 3.05. The Bertz CT molecular complexity index is 1710. The Kier molecular flexibility index (Phi) is 8.31. The third kappa shape index (κ3) is 5.48. The van der Waals surface area contributed by atoms with E-state index in [-0.39, 0.29) is 23.7 Å². The van der Waals surface area contributed by atoms with Gasteiger partial charge in [-0.2, -0.15) is 0 Å². The number of benzene rings is 2. The smallest absolute Gasteiger partial charge is 0.273 e. The van der Waals surface area contributed by atoms with Gasteiger partial charge in [0.05, 0.1) is 54.4 Å². The van der Waals surface area contributed by atoms with Crippen LogP contribution in [-0.2, 0) is 4.79 Å². The number of nitro benzene ring substituents is 1. The van der Waals surface area contributed by atoms with Crippen molar-refractivity contribution in [3.8, 4) is 17.2 Å². The Morgan fingerprint density at radius 2 is 1.86 bits per heavy atom. The molecule has 12 heteroatoms. The number of non-ortho nitro benzene ring substituents is 1. The van der Waals surface area contributed by atoms with Crippen LogP contribution in [0.3, 0.4) is 0 Å². The number of methoxy groups -OCH3 is 2. The first-order chi connectivity index (χ1) is 20.7. The number of hydrogen-bond acceptors (Lipinski definition) is 7. The van der Waals surface area contributed by atoms with Crippen LogP contribution >= 0.6 is 12.2 Å². The molecule has 11 nitrogen and oxygen atoms in total. The van der Waals surface area contributed by atoms with Crippen LogP contribution in [0.4, 0.5) is 17.1 Å². The maximum absolute atomic E-state index is 12.1. The van der Waals surface area contributed by atoms with Crippen molar-refractivity contribution in [1.82, 2.24) is 14.9 Å². The summed E-state index contributed by atoms with van der Waals surface area (Å²) in [6, 6.07) is 17.4. The molecule has 43 heavy (non-hydrogen) atoms. The topological polar surface area (TPSA) is 124 Å². The summed E-state index contributed by atoms with van der Waals surface area (Å²) in [6.07, 6.45) is 2.09. The molecular formula is C31H32N6O5S. The van der Waals surface area contributed by atoms with Crippen molar-refractivity contribution in [1.29, 1.82) is 0 Å². The number of nitrogens with one attached hydrogen (secondary N) is 2. The zero-order valence-corrected chi connectivity index (χ0v) is 25.3. The van der Waals surface area contributed by atoms with E-state index in [0.717, 1.165) is 28.3 Å². The highest BCUT2D eigenvalue weighted by Crippen LogP contribution is 2.45. The van der Waals surface area contributed by atoms with Gasteiger partial charge in [0.15, 0.2) is 5.11 Å². The number of nitro groups is 1. The van der Waals surface area contributed by atoms with Gasteiger partial charge in [-0.05, 0) is 68.0 Å². The lowest BCUT2D eigenvalue weighted by Gasteiger charge is -2.29. The fraction of sp³-hybridized carbons (Fsp3) is 0.258. The number of anilines is 2. The van der Waals surface area contributed by atoms with E-state index in [4.69, 9.17) is 21.7 Å². The third-order valence-corrected chi connectivity index (χ3v) is 7.88. The summed E-state index contributed by atoms with van der Waals surface area (Å²) in [6.45, 7) is 5.77. The predicted octanol–water partition coefficient (Wildman–Crippen LogP) is 5.94. The van der Waals surface area contributed by atoms with Gasteiger partial charge in [0.1, 0.15) is 11.5 Å². The van der Waals surface area contributed by atoms with E-state index in [1.807, 2.05) is 53.6 Å². The zero-order chi connectivity index (χ0) is 30.8. The van der Waals surface area contributed by atoms with Crippen molar-refractivity contribution < 1.29 is 19.2 Å². The monoisotopic (exact) mass is 600 g/mol. The third-order valence-electron chi connectivity index (χ3n) is 7.56. The van der Waals surface area contributed by atoms with Crippen molar-refractivity contribution in [3.05, 3.63) is 99.6 Å². The number of aromatic nitrogens is 2. The van der Waals surface area contributed by atoms with Crippen LogP contribution in [0.1, 0.15) is 48.1 Å². The van der Waals surface area contributed by atoms with Gasteiger partial charge in [-0.25, -0.2) is 0 Å². The van der Waals surface area contributed by atoms with Gasteiger partial charge in [-0.1, -0.05) is 13.0 Å². The number of amides is 1. The molecule has 1 amide bonds. The van der Waals surface area contributed by atoms with Gasteiger partial charge in [-0.15, -0.1) is 0 Å². The van der Waals surface area contributed by atoms with Crippen molar-refractivity contribution in [3.63, 3.8) is 0 Å². The number of carbonyl (C=O) groups is 1. The molecule has 0 aliphatic carbocycles. The Morgan fingerprint density at radius 1 is 1.09 bits per heavy atom. The van der Waals surface area contributed by atoms with Gasteiger partial charge in [0, 0.05) is 41.8 Å². The summed E-state index contributed by atoms with van der Waals surface area (Å²) in [5, 5.41) is 18.3. The van der Waals surface area contributed by atoms with Crippen molar-refractivity contribution in [2.45, 2.75) is 39.3 Å². The molecule has 5 rings (SSSR count). The molecule has 1 fully saturated rings. The highest BCUT2D eigenvalue weighted by Gasteiger charge is 2.42. The number of thiocarbonyl (C=S) groups is 1. The maximum Gasteiger partial charge on any atom is 0.273 e. The summed E-state index contributed by atoms with van der Waals surface area (Å²) >= 11 is 5.92. The molecule has 0 spiro atoms. The van der Waals surface area contributed by atoms with Gasteiger partial charge in [0.25, 0.3) is 5.69 Å². The molecule has 0 radical (unpaired) electrons. The minimum atomic E-state index is -0.444. The number of carbonyl (C=O) groups excluding carboxylic acids is 1. The Balaban J connectivity index is 1.66. The summed E-state index contributed by atoms with van der Waals surface area (Å²) in [4.78, 5) is 29.8. The molecule has 0 unspecified atom stereocenters. The largest absolute Gasteiger partial charge is 0.494 e. The first-order valence-corrected chi connectivity index (χ1v) is 14.1. The summed E-state index contributed by atoms with van der Waals surface area (Å²) in [5.41, 5.74) is 5.57. The quantitative estimate of drug-likeness (QED) is 0.136. The minimum absolute atomic E-state index is 0.0532. The molecule has 2 atom stereocenters. The van der Waals surface area contributed by atoms with E-state index >= 15 is 0 Å². The number of rotatable bonds is 9. The molecule has 2 aromatic carbocycles. The summed E-state index contributed by atoms with van der Waals surface area (Å²) in [5.74, 6) is 0.769. The first kappa shape index (κ1) is 29.5. The lowest BCUT2D eigenvalue weighted by Crippen LogP contribution is -2.29. The van der Waals surface area contributed by atoms with Crippen LogP contribution in [0.5, 0.6) is 11.5 Å². The Labute approximate surface area is 254 Å². The zero-order valence-electron chi connectivity index (χ0n) is 24.5. The summed E-state index contributed by atoms with van der Waals surface area (Å²) < 4.78 is 13.3. The van der Waals surface area contributed by atoms with Crippen LogP contribution in [0.15, 0.2) is 66.9 Å². The van der Waals surface area contributed by atoms with E-state index in [9.17, 15) is 14.9 Å². The highest BCUT2D eigenvalue weighted by molar-refractivity contribution is 7.80. The normalized spacial score (nSPS) is 16.1. The van der Waals surface area contributed by atoms with Gasteiger partial charge >= 0.3 is 0 Å². The van der Waals surface area contributed by atoms with Crippen molar-refractivity contribution in [2.75, 3.05) is 24.4 Å². The number of nitrogens with zero attached hydrogens (tertiary/aromatic N) is 4. The Morgan fingerprint density at radius 3 is 2.51 bits per heavy atom. The van der Waals surface area contributed by atoms with Crippen LogP contribution < -0.4 is 25.0 Å². The lowest BCUT2D eigenvalue weighted by molar-refractivity contribution is -0.384. The van der Waals surface area contributed by atoms with E-state index in [1.165, 1.54) is 19.2 Å². The second-order valence-electron chi connectivity index (χ2n) is 10.1. The molecule has 222 valence electrons. The van der Waals surface area contributed by atoms with Crippen LogP contribution in [-0.4, -0.2) is 39.7 Å². The molecule has 3 heterocycles. The van der Waals surface area contributed by atoms with Gasteiger partial charge in [-0.3, -0.25) is 19.9 Å². The van der Waals surface area contributed by atoms with Crippen LogP contribution in [0.25, 0.3) is 5.69 Å².